The van der Waals surface area contributed by atoms with Crippen LogP contribution in [-0.2, 0) is 28.3 Å². The van der Waals surface area contributed by atoms with Crippen molar-refractivity contribution in [2.75, 3.05) is 23.5 Å². The number of thioether (sulfide) groups is 1. The lowest BCUT2D eigenvalue weighted by Crippen LogP contribution is -2.48. The van der Waals surface area contributed by atoms with Crippen molar-refractivity contribution in [3.05, 3.63) is 58.6 Å². The fraction of sp³-hybridized carbons (Fsp3) is 0.333. The first-order valence-corrected chi connectivity index (χ1v) is 12.7. The molecule has 2 aromatic carbocycles. The highest BCUT2D eigenvalue weighted by Crippen LogP contribution is 2.28. The number of para-hydroxylation sites is 1. The molecule has 4 rings (SSSR count). The largest absolute Gasteiger partial charge is 0.419 e. The third kappa shape index (κ3) is 4.15. The molecule has 3 aromatic rings. The summed E-state index contributed by atoms with van der Waals surface area (Å²) < 4.78 is 35.2. The van der Waals surface area contributed by atoms with Crippen LogP contribution >= 0.6 is 11.8 Å². The van der Waals surface area contributed by atoms with Crippen LogP contribution < -0.4 is 15.4 Å². The molecule has 0 saturated carbocycles. The number of benzene rings is 2. The number of nitrogens with zero attached hydrogens (tertiary/aromatic N) is 2. The molecular formula is C21H23N3O5S2. The van der Waals surface area contributed by atoms with E-state index >= 15 is 0 Å². The van der Waals surface area contributed by atoms with Gasteiger partial charge < -0.3 is 9.32 Å². The highest BCUT2D eigenvalue weighted by atomic mass is 32.2. The lowest BCUT2D eigenvalue weighted by Gasteiger charge is -2.24. The van der Waals surface area contributed by atoms with Gasteiger partial charge in [0.2, 0.25) is 15.9 Å². The molecule has 1 amide bonds. The monoisotopic (exact) mass is 461 g/mol. The van der Waals surface area contributed by atoms with E-state index in [2.05, 4.69) is 4.72 Å². The number of fused-ring (bicyclic) bond motifs is 2. The van der Waals surface area contributed by atoms with Crippen molar-refractivity contribution >= 4 is 44.5 Å². The normalized spacial score (nSPS) is 14.7. The van der Waals surface area contributed by atoms with Crippen LogP contribution in [0.4, 0.5) is 5.69 Å². The molecule has 1 unspecified atom stereocenters. The molecule has 0 radical (unpaired) electrons. The van der Waals surface area contributed by atoms with E-state index in [4.69, 9.17) is 4.42 Å². The highest BCUT2D eigenvalue weighted by Gasteiger charge is 2.33. The van der Waals surface area contributed by atoms with E-state index in [1.165, 1.54) is 22.8 Å². The molecule has 1 aliphatic heterocycles. The zero-order chi connectivity index (χ0) is 22.2. The Morgan fingerprint density at radius 3 is 2.81 bits per heavy atom. The van der Waals surface area contributed by atoms with Gasteiger partial charge in [-0.15, -0.1) is 0 Å². The van der Waals surface area contributed by atoms with Crippen molar-refractivity contribution in [2.45, 2.75) is 23.8 Å². The summed E-state index contributed by atoms with van der Waals surface area (Å²) in [6.45, 7) is 0.525. The lowest BCUT2D eigenvalue weighted by molar-refractivity contribution is -0.120. The molecule has 0 bridgehead atoms. The number of aromatic nitrogens is 1. The molecule has 31 heavy (non-hydrogen) atoms. The van der Waals surface area contributed by atoms with Crippen molar-refractivity contribution < 1.29 is 17.6 Å². The van der Waals surface area contributed by atoms with E-state index in [0.29, 0.717) is 24.2 Å². The number of anilines is 1. The minimum absolute atomic E-state index is 0.0573. The van der Waals surface area contributed by atoms with Gasteiger partial charge in [0.05, 0.1) is 10.4 Å². The van der Waals surface area contributed by atoms with Crippen LogP contribution in [0.5, 0.6) is 0 Å². The van der Waals surface area contributed by atoms with E-state index in [1.807, 2.05) is 30.5 Å². The molecule has 0 spiro atoms. The number of hydrogen-bond acceptors (Lipinski definition) is 6. The van der Waals surface area contributed by atoms with Gasteiger partial charge in [0.25, 0.3) is 0 Å². The van der Waals surface area contributed by atoms with Crippen molar-refractivity contribution in [3.63, 3.8) is 0 Å². The molecular weight excluding hydrogens is 438 g/mol. The predicted octanol–water partition coefficient (Wildman–Crippen LogP) is 2.12. The number of oxazole rings is 1. The molecule has 1 aromatic heterocycles. The van der Waals surface area contributed by atoms with Crippen molar-refractivity contribution in [1.82, 2.24) is 9.29 Å². The predicted molar refractivity (Wildman–Crippen MR) is 121 cm³/mol. The van der Waals surface area contributed by atoms with Gasteiger partial charge in [-0.1, -0.05) is 18.2 Å². The van der Waals surface area contributed by atoms with Crippen LogP contribution in [0.15, 0.2) is 56.6 Å². The lowest BCUT2D eigenvalue weighted by atomic mass is 10.1. The molecule has 1 atom stereocenters. The Labute approximate surface area is 184 Å². The number of sulfonamides is 1. The summed E-state index contributed by atoms with van der Waals surface area (Å²) in [7, 11) is -2.47. The summed E-state index contributed by atoms with van der Waals surface area (Å²) in [5.74, 6) is -0.214. The van der Waals surface area contributed by atoms with Crippen molar-refractivity contribution in [1.29, 1.82) is 0 Å². The first kappa shape index (κ1) is 21.7. The molecule has 10 heteroatoms. The second-order valence-corrected chi connectivity index (χ2v) is 10.1. The number of hydrogen-bond donors (Lipinski definition) is 1. The van der Waals surface area contributed by atoms with Gasteiger partial charge in [0, 0.05) is 25.3 Å². The summed E-state index contributed by atoms with van der Waals surface area (Å²) in [6, 6.07) is 11.0. The number of rotatable bonds is 7. The second kappa shape index (κ2) is 8.52. The average molecular weight is 462 g/mol. The second-order valence-electron chi connectivity index (χ2n) is 7.38. The quantitative estimate of drug-likeness (QED) is 0.578. The van der Waals surface area contributed by atoms with Gasteiger partial charge in [0.1, 0.15) is 6.04 Å². The van der Waals surface area contributed by atoms with Gasteiger partial charge >= 0.3 is 5.76 Å². The summed E-state index contributed by atoms with van der Waals surface area (Å²) in [5.41, 5.74) is 2.57. The Morgan fingerprint density at radius 2 is 2.03 bits per heavy atom. The number of carbonyl (C=O) groups is 1. The molecule has 0 aliphatic carbocycles. The van der Waals surface area contributed by atoms with Crippen LogP contribution in [0.1, 0.15) is 12.0 Å². The van der Waals surface area contributed by atoms with Crippen LogP contribution in [-0.4, -0.2) is 43.5 Å². The van der Waals surface area contributed by atoms with E-state index in [1.54, 1.807) is 23.7 Å². The molecule has 2 heterocycles. The summed E-state index contributed by atoms with van der Waals surface area (Å²) >= 11 is 1.55. The smallest absolute Gasteiger partial charge is 0.408 e. The molecule has 1 aliphatic rings. The first-order valence-electron chi connectivity index (χ1n) is 9.82. The van der Waals surface area contributed by atoms with Gasteiger partial charge in [-0.3, -0.25) is 9.36 Å². The Bertz CT molecular complexity index is 1300. The number of nitrogens with one attached hydrogen (secondary N) is 1. The van der Waals surface area contributed by atoms with E-state index < -0.39 is 21.8 Å². The van der Waals surface area contributed by atoms with E-state index in [9.17, 15) is 18.0 Å². The third-order valence-corrected chi connectivity index (χ3v) is 7.55. The van der Waals surface area contributed by atoms with Gasteiger partial charge in [0.15, 0.2) is 5.58 Å². The topological polar surface area (TPSA) is 102 Å². The van der Waals surface area contributed by atoms with E-state index in [-0.39, 0.29) is 16.4 Å². The standard InChI is InChI=1S/C21H23N3O5S2/c1-23-18-8-7-15(13-19(18)29-21(23)26)31(27,28)22-16(10-12-30-2)20(25)24-11-9-14-5-3-4-6-17(14)24/h3-8,13,16,22H,9-12H2,1-2H3. The Balaban J connectivity index is 1.62. The highest BCUT2D eigenvalue weighted by molar-refractivity contribution is 7.98. The van der Waals surface area contributed by atoms with Gasteiger partial charge in [-0.25, -0.2) is 13.2 Å². The van der Waals surface area contributed by atoms with Crippen molar-refractivity contribution in [2.24, 2.45) is 7.05 Å². The van der Waals surface area contributed by atoms with Gasteiger partial charge in [-0.2, -0.15) is 16.5 Å². The molecule has 1 N–H and O–H groups in total. The minimum atomic E-state index is -4.01. The number of aryl methyl sites for hydroxylation is 1. The molecule has 0 saturated heterocycles. The van der Waals surface area contributed by atoms with E-state index in [0.717, 1.165) is 17.7 Å². The Hall–Kier alpha value is -2.56. The first-order chi connectivity index (χ1) is 14.8. The summed E-state index contributed by atoms with van der Waals surface area (Å²) in [5, 5.41) is 0. The van der Waals surface area contributed by atoms with Crippen LogP contribution in [0.3, 0.4) is 0 Å². The minimum Gasteiger partial charge on any atom is -0.408 e. The van der Waals surface area contributed by atoms with Crippen molar-refractivity contribution in [3.8, 4) is 0 Å². The van der Waals surface area contributed by atoms with Crippen LogP contribution in [0, 0.1) is 0 Å². The van der Waals surface area contributed by atoms with Gasteiger partial charge in [-0.05, 0) is 48.6 Å². The summed E-state index contributed by atoms with van der Waals surface area (Å²) in [6.07, 6.45) is 3.01. The fourth-order valence-electron chi connectivity index (χ4n) is 3.76. The van der Waals surface area contributed by atoms with Crippen LogP contribution in [0.25, 0.3) is 11.1 Å². The molecule has 164 valence electrons. The molecule has 0 fully saturated rings. The number of carbonyl (C=O) groups excluding carboxylic acids is 1. The zero-order valence-corrected chi connectivity index (χ0v) is 18.8. The fourth-order valence-corrected chi connectivity index (χ4v) is 5.47. The van der Waals surface area contributed by atoms with Crippen LogP contribution in [0.2, 0.25) is 0 Å². The average Bonchev–Trinajstić information content (AvgIpc) is 3.31. The molecule has 8 nitrogen and oxygen atoms in total. The summed E-state index contributed by atoms with van der Waals surface area (Å²) in [4.78, 5) is 26.6. The maximum absolute atomic E-state index is 13.3. The maximum Gasteiger partial charge on any atom is 0.419 e. The Morgan fingerprint density at radius 1 is 1.26 bits per heavy atom. The third-order valence-electron chi connectivity index (χ3n) is 5.43. The zero-order valence-electron chi connectivity index (χ0n) is 17.2. The Kier molecular flexibility index (Phi) is 5.96. The number of amides is 1. The SMILES string of the molecule is CSCCC(NS(=O)(=O)c1ccc2c(c1)oc(=O)n2C)C(=O)N1CCc2ccccc21. The maximum atomic E-state index is 13.3.